The summed E-state index contributed by atoms with van der Waals surface area (Å²) in [6, 6.07) is 14.3. The van der Waals surface area contributed by atoms with E-state index in [9.17, 15) is 14.0 Å². The van der Waals surface area contributed by atoms with Gasteiger partial charge in [-0.15, -0.1) is 0 Å². The second-order valence-electron chi connectivity index (χ2n) is 6.31. The number of hydrogen-bond donors (Lipinski definition) is 1. The highest BCUT2D eigenvalue weighted by molar-refractivity contribution is 5.97. The molecule has 2 aromatic heterocycles. The van der Waals surface area contributed by atoms with E-state index in [4.69, 9.17) is 4.42 Å². The Hall–Kier alpha value is -3.74. The molecule has 0 aliphatic rings. The van der Waals surface area contributed by atoms with Crippen LogP contribution >= 0.6 is 0 Å². The lowest BCUT2D eigenvalue weighted by Crippen LogP contribution is -2.23. The normalized spacial score (nSPS) is 10.9. The van der Waals surface area contributed by atoms with Gasteiger partial charge in [0.05, 0.1) is 12.1 Å². The van der Waals surface area contributed by atoms with Crippen molar-refractivity contribution in [2.24, 2.45) is 0 Å². The number of amides is 1. The molecule has 0 unspecified atom stereocenters. The van der Waals surface area contributed by atoms with Crippen molar-refractivity contribution >= 4 is 17.0 Å². The van der Waals surface area contributed by atoms with E-state index in [2.05, 4.69) is 10.3 Å². The number of fused-ring (bicyclic) bond motifs is 1. The fraction of sp³-hybridized carbons (Fsp3) is 0.0952. The first-order valence-corrected chi connectivity index (χ1v) is 8.65. The maximum absolute atomic E-state index is 13.1. The Balaban J connectivity index is 1.59. The number of rotatable bonds is 5. The number of hydrogen-bond acceptors (Lipinski definition) is 4. The summed E-state index contributed by atoms with van der Waals surface area (Å²) in [7, 11) is 0. The van der Waals surface area contributed by atoms with E-state index < -0.39 is 5.76 Å². The van der Waals surface area contributed by atoms with Gasteiger partial charge >= 0.3 is 5.76 Å². The summed E-state index contributed by atoms with van der Waals surface area (Å²) in [5, 5.41) is 2.82. The van der Waals surface area contributed by atoms with Crippen molar-refractivity contribution in [1.29, 1.82) is 0 Å². The highest BCUT2D eigenvalue weighted by atomic mass is 19.1. The van der Waals surface area contributed by atoms with Gasteiger partial charge in [-0.2, -0.15) is 0 Å². The number of pyridine rings is 1. The Morgan fingerprint density at radius 3 is 2.68 bits per heavy atom. The molecule has 0 aliphatic heterocycles. The van der Waals surface area contributed by atoms with Gasteiger partial charge in [0.2, 0.25) is 0 Å². The molecule has 0 spiro atoms. The molecule has 2 aromatic carbocycles. The highest BCUT2D eigenvalue weighted by Gasteiger charge is 2.13. The lowest BCUT2D eigenvalue weighted by Gasteiger charge is -2.06. The summed E-state index contributed by atoms with van der Waals surface area (Å²) >= 11 is 0. The molecular formula is C21H16FN3O3. The van der Waals surface area contributed by atoms with E-state index in [1.807, 2.05) is 6.07 Å². The molecule has 0 bridgehead atoms. The van der Waals surface area contributed by atoms with Gasteiger partial charge in [-0.1, -0.05) is 18.2 Å². The van der Waals surface area contributed by atoms with E-state index in [1.165, 1.54) is 16.7 Å². The van der Waals surface area contributed by atoms with Crippen LogP contribution < -0.4 is 11.1 Å². The highest BCUT2D eigenvalue weighted by Crippen LogP contribution is 2.17. The van der Waals surface area contributed by atoms with E-state index in [1.54, 1.807) is 48.8 Å². The zero-order chi connectivity index (χ0) is 19.5. The van der Waals surface area contributed by atoms with Crippen molar-refractivity contribution in [3.8, 4) is 0 Å². The number of halogens is 1. The lowest BCUT2D eigenvalue weighted by molar-refractivity contribution is 0.0951. The van der Waals surface area contributed by atoms with E-state index in [0.29, 0.717) is 23.2 Å². The molecule has 7 heteroatoms. The third kappa shape index (κ3) is 3.68. The molecule has 0 fully saturated rings. The monoisotopic (exact) mass is 377 g/mol. The molecule has 0 aliphatic carbocycles. The van der Waals surface area contributed by atoms with Crippen LogP contribution in [0, 0.1) is 5.82 Å². The predicted octanol–water partition coefficient (Wildman–Crippen LogP) is 3.11. The number of aromatic nitrogens is 2. The molecule has 1 amide bonds. The summed E-state index contributed by atoms with van der Waals surface area (Å²) in [6.45, 7) is 0.561. The first-order valence-electron chi connectivity index (χ1n) is 8.65. The van der Waals surface area contributed by atoms with Crippen molar-refractivity contribution < 1.29 is 13.6 Å². The third-order valence-electron chi connectivity index (χ3n) is 4.36. The van der Waals surface area contributed by atoms with Gasteiger partial charge < -0.3 is 9.73 Å². The van der Waals surface area contributed by atoms with Crippen LogP contribution in [0.2, 0.25) is 0 Å². The van der Waals surface area contributed by atoms with Crippen molar-refractivity contribution in [2.45, 2.75) is 13.1 Å². The first-order chi connectivity index (χ1) is 13.6. The van der Waals surface area contributed by atoms with Gasteiger partial charge in [-0.05, 0) is 47.5 Å². The van der Waals surface area contributed by atoms with Crippen molar-refractivity contribution in [1.82, 2.24) is 14.9 Å². The van der Waals surface area contributed by atoms with E-state index in [-0.39, 0.29) is 18.3 Å². The minimum Gasteiger partial charge on any atom is -0.408 e. The molecule has 4 rings (SSSR count). The number of benzene rings is 2. The average Bonchev–Trinajstić information content (AvgIpc) is 3.03. The molecular weight excluding hydrogens is 361 g/mol. The molecule has 0 atom stereocenters. The largest absolute Gasteiger partial charge is 0.420 e. The number of nitrogens with one attached hydrogen (secondary N) is 1. The van der Waals surface area contributed by atoms with Crippen molar-refractivity contribution in [2.75, 3.05) is 0 Å². The Morgan fingerprint density at radius 2 is 1.93 bits per heavy atom. The first kappa shape index (κ1) is 17.7. The van der Waals surface area contributed by atoms with Crippen LogP contribution in [0.25, 0.3) is 11.1 Å². The zero-order valence-electron chi connectivity index (χ0n) is 14.8. The zero-order valence-corrected chi connectivity index (χ0v) is 14.8. The summed E-state index contributed by atoms with van der Waals surface area (Å²) in [6.07, 6.45) is 3.35. The molecule has 140 valence electrons. The standard InChI is InChI=1S/C21H16FN3O3/c22-17-6-3-14(4-7-17)13-25-18-10-16(5-8-19(18)28-21(25)27)20(26)24-12-15-2-1-9-23-11-15/h1-11H,12-13H2,(H,24,26). The lowest BCUT2D eigenvalue weighted by atomic mass is 10.1. The molecule has 6 nitrogen and oxygen atoms in total. The van der Waals surface area contributed by atoms with Crippen molar-refractivity contribution in [3.05, 3.63) is 100 Å². The molecule has 1 N–H and O–H groups in total. The van der Waals surface area contributed by atoms with Gasteiger partial charge in [-0.3, -0.25) is 14.3 Å². The molecule has 4 aromatic rings. The maximum Gasteiger partial charge on any atom is 0.420 e. The Labute approximate surface area is 159 Å². The fourth-order valence-electron chi connectivity index (χ4n) is 2.91. The predicted molar refractivity (Wildman–Crippen MR) is 101 cm³/mol. The van der Waals surface area contributed by atoms with Crippen LogP contribution in [0.5, 0.6) is 0 Å². The molecule has 0 saturated carbocycles. The summed E-state index contributed by atoms with van der Waals surface area (Å²) in [4.78, 5) is 28.7. The van der Waals surface area contributed by atoms with Gasteiger partial charge in [0, 0.05) is 24.5 Å². The van der Waals surface area contributed by atoms with Crippen LogP contribution in [0.3, 0.4) is 0 Å². The second-order valence-corrected chi connectivity index (χ2v) is 6.31. The van der Waals surface area contributed by atoms with Gasteiger partial charge in [0.15, 0.2) is 5.58 Å². The average molecular weight is 377 g/mol. The van der Waals surface area contributed by atoms with Crippen LogP contribution in [0.4, 0.5) is 4.39 Å². The van der Waals surface area contributed by atoms with Gasteiger partial charge in [-0.25, -0.2) is 9.18 Å². The summed E-state index contributed by atoms with van der Waals surface area (Å²) in [5.41, 5.74) is 2.93. The minimum atomic E-state index is -0.535. The third-order valence-corrected chi connectivity index (χ3v) is 4.36. The summed E-state index contributed by atoms with van der Waals surface area (Å²) < 4.78 is 19.8. The SMILES string of the molecule is O=C(NCc1cccnc1)c1ccc2oc(=O)n(Cc3ccc(F)cc3)c2c1. The number of carbonyl (C=O) groups excluding carboxylic acids is 1. The molecule has 2 heterocycles. The Bertz CT molecular complexity index is 1180. The maximum atomic E-state index is 13.1. The topological polar surface area (TPSA) is 77.1 Å². The quantitative estimate of drug-likeness (QED) is 0.580. The van der Waals surface area contributed by atoms with Gasteiger partial charge in [0.1, 0.15) is 5.82 Å². The fourth-order valence-corrected chi connectivity index (χ4v) is 2.91. The van der Waals surface area contributed by atoms with Crippen molar-refractivity contribution in [3.63, 3.8) is 0 Å². The Kier molecular flexibility index (Phi) is 4.72. The van der Waals surface area contributed by atoms with Crippen LogP contribution in [-0.2, 0) is 13.1 Å². The smallest absolute Gasteiger partial charge is 0.408 e. The molecule has 28 heavy (non-hydrogen) atoms. The number of carbonyl (C=O) groups is 1. The molecule has 0 saturated heterocycles. The summed E-state index contributed by atoms with van der Waals surface area (Å²) in [5.74, 6) is -1.15. The van der Waals surface area contributed by atoms with Crippen LogP contribution in [-0.4, -0.2) is 15.5 Å². The van der Waals surface area contributed by atoms with Crippen LogP contribution in [0.1, 0.15) is 21.5 Å². The minimum absolute atomic E-state index is 0.215. The number of nitrogens with zero attached hydrogens (tertiary/aromatic N) is 2. The Morgan fingerprint density at radius 1 is 1.11 bits per heavy atom. The van der Waals surface area contributed by atoms with E-state index >= 15 is 0 Å². The van der Waals surface area contributed by atoms with Crippen LogP contribution in [0.15, 0.2) is 76.2 Å². The second kappa shape index (κ2) is 7.48. The van der Waals surface area contributed by atoms with E-state index in [0.717, 1.165) is 11.1 Å². The molecule has 0 radical (unpaired) electrons. The number of oxazole rings is 1. The van der Waals surface area contributed by atoms with Gasteiger partial charge in [0.25, 0.3) is 5.91 Å².